The number of aryl methyl sites for hydroxylation is 1. The van der Waals surface area contributed by atoms with Gasteiger partial charge < -0.3 is 10.1 Å². The fourth-order valence-corrected chi connectivity index (χ4v) is 9.75. The van der Waals surface area contributed by atoms with E-state index in [1.54, 1.807) is 0 Å². The van der Waals surface area contributed by atoms with E-state index in [0.29, 0.717) is 17.0 Å². The Labute approximate surface area is 189 Å². The molecule has 0 aliphatic heterocycles. The Balaban J connectivity index is 1.17. The number of nitriles is 1. The van der Waals surface area contributed by atoms with Crippen LogP contribution in [0.5, 0.6) is 0 Å². The predicted octanol–water partition coefficient (Wildman–Crippen LogP) is 5.10. The number of alkyl halides is 1. The molecule has 7 heteroatoms. The lowest BCUT2D eigenvalue weighted by molar-refractivity contribution is -0.153. The summed E-state index contributed by atoms with van der Waals surface area (Å²) in [4.78, 5) is 26.2. The first kappa shape index (κ1) is 20.5. The van der Waals surface area contributed by atoms with Crippen LogP contribution in [0.15, 0.2) is 0 Å². The van der Waals surface area contributed by atoms with Gasteiger partial charge in [0.25, 0.3) is 5.91 Å². The van der Waals surface area contributed by atoms with E-state index < -0.39 is 0 Å². The third kappa shape index (κ3) is 3.82. The van der Waals surface area contributed by atoms with Gasteiger partial charge in [0.1, 0.15) is 11.1 Å². The third-order valence-electron chi connectivity index (χ3n) is 7.53. The van der Waals surface area contributed by atoms with E-state index in [2.05, 4.69) is 27.3 Å². The number of hydrogen-bond acceptors (Lipinski definition) is 5. The standard InChI is InChI=1S/C23H27BrN2O3S/c24-23-8-14-5-15(9-23)7-22(6-14,13-23)10-20(28)29-12-19(27)26-21-17(11-25)16-3-1-2-4-18(16)30-21/h14-15H,1-10,12-13H2,(H,26,27)/t14-,15+,22?,23?. The van der Waals surface area contributed by atoms with Crippen molar-refractivity contribution in [2.24, 2.45) is 17.3 Å². The highest BCUT2D eigenvalue weighted by Gasteiger charge is 2.57. The summed E-state index contributed by atoms with van der Waals surface area (Å²) >= 11 is 5.47. The van der Waals surface area contributed by atoms with Gasteiger partial charge in [0.2, 0.25) is 0 Å². The Morgan fingerprint density at radius 2 is 1.93 bits per heavy atom. The molecule has 4 saturated carbocycles. The van der Waals surface area contributed by atoms with Crippen molar-refractivity contribution in [1.82, 2.24) is 0 Å². The van der Waals surface area contributed by atoms with E-state index >= 15 is 0 Å². The first-order chi connectivity index (χ1) is 14.4. The van der Waals surface area contributed by atoms with Crippen molar-refractivity contribution < 1.29 is 14.3 Å². The van der Waals surface area contributed by atoms with E-state index in [0.717, 1.165) is 62.3 Å². The van der Waals surface area contributed by atoms with Crippen molar-refractivity contribution in [1.29, 1.82) is 5.26 Å². The molecule has 1 amide bonds. The second-order valence-corrected chi connectivity index (χ2v) is 12.8. The zero-order chi connectivity index (χ0) is 20.9. The second kappa shape index (κ2) is 7.63. The summed E-state index contributed by atoms with van der Waals surface area (Å²) in [7, 11) is 0. The number of carbonyl (C=O) groups is 2. The number of nitrogens with one attached hydrogen (secondary N) is 1. The number of anilines is 1. The molecule has 160 valence electrons. The summed E-state index contributed by atoms with van der Waals surface area (Å²) in [5.74, 6) is 0.807. The zero-order valence-corrected chi connectivity index (χ0v) is 19.5. The van der Waals surface area contributed by atoms with Crippen molar-refractivity contribution in [2.75, 3.05) is 11.9 Å². The smallest absolute Gasteiger partial charge is 0.306 e. The molecule has 6 rings (SSSR count). The Morgan fingerprint density at radius 3 is 2.63 bits per heavy atom. The van der Waals surface area contributed by atoms with Gasteiger partial charge in [-0.15, -0.1) is 11.3 Å². The molecule has 5 nitrogen and oxygen atoms in total. The lowest BCUT2D eigenvalue weighted by Crippen LogP contribution is -2.53. The number of nitrogens with zero attached hydrogens (tertiary/aromatic N) is 1. The Bertz CT molecular complexity index is 920. The maximum Gasteiger partial charge on any atom is 0.306 e. The summed E-state index contributed by atoms with van der Waals surface area (Å²) in [6.45, 7) is -0.283. The van der Waals surface area contributed by atoms with Crippen LogP contribution in [-0.2, 0) is 27.2 Å². The number of esters is 1. The summed E-state index contributed by atoms with van der Waals surface area (Å²) in [5.41, 5.74) is 1.72. The van der Waals surface area contributed by atoms with Crippen LogP contribution < -0.4 is 5.32 Å². The van der Waals surface area contributed by atoms with E-state index in [-0.39, 0.29) is 28.2 Å². The van der Waals surface area contributed by atoms with Gasteiger partial charge in [0.05, 0.1) is 12.0 Å². The lowest BCUT2D eigenvalue weighted by atomic mass is 9.49. The van der Waals surface area contributed by atoms with E-state index in [4.69, 9.17) is 4.74 Å². The van der Waals surface area contributed by atoms with Crippen molar-refractivity contribution in [3.8, 4) is 6.07 Å². The first-order valence-electron chi connectivity index (χ1n) is 11.1. The maximum atomic E-state index is 12.6. The minimum Gasteiger partial charge on any atom is -0.456 e. The van der Waals surface area contributed by atoms with Crippen LogP contribution in [0.3, 0.4) is 0 Å². The van der Waals surface area contributed by atoms with Crippen LogP contribution in [0.25, 0.3) is 0 Å². The van der Waals surface area contributed by atoms with Gasteiger partial charge in [0.15, 0.2) is 6.61 Å². The van der Waals surface area contributed by atoms with Gasteiger partial charge in [-0.3, -0.25) is 9.59 Å². The average molecular weight is 491 g/mol. The van der Waals surface area contributed by atoms with Gasteiger partial charge in [-0.25, -0.2) is 0 Å². The monoisotopic (exact) mass is 490 g/mol. The molecule has 1 aromatic rings. The minimum absolute atomic E-state index is 0.0436. The molecule has 2 unspecified atom stereocenters. The topological polar surface area (TPSA) is 79.2 Å². The number of fused-ring (bicyclic) bond motifs is 1. The summed E-state index contributed by atoms with van der Waals surface area (Å²) in [6.07, 6.45) is 11.5. The largest absolute Gasteiger partial charge is 0.456 e. The van der Waals surface area contributed by atoms with Gasteiger partial charge >= 0.3 is 5.97 Å². The van der Waals surface area contributed by atoms with Crippen molar-refractivity contribution in [2.45, 2.75) is 75.0 Å². The summed E-state index contributed by atoms with van der Waals surface area (Å²) in [5, 5.41) is 12.9. The lowest BCUT2D eigenvalue weighted by Gasteiger charge is -2.60. The van der Waals surface area contributed by atoms with Crippen LogP contribution in [0.4, 0.5) is 5.00 Å². The van der Waals surface area contributed by atoms with Gasteiger partial charge in [0, 0.05) is 9.20 Å². The molecule has 5 aliphatic carbocycles. The molecule has 1 heterocycles. The van der Waals surface area contributed by atoms with Crippen LogP contribution >= 0.6 is 27.3 Å². The van der Waals surface area contributed by atoms with Crippen LogP contribution in [-0.4, -0.2) is 22.8 Å². The molecule has 1 N–H and O–H groups in total. The molecule has 4 fully saturated rings. The Kier molecular flexibility index (Phi) is 5.22. The van der Waals surface area contributed by atoms with E-state index in [9.17, 15) is 14.9 Å². The highest BCUT2D eigenvalue weighted by molar-refractivity contribution is 9.10. The number of amides is 1. The molecule has 1 aromatic heterocycles. The number of thiophene rings is 1. The molecule has 0 aromatic carbocycles. The summed E-state index contributed by atoms with van der Waals surface area (Å²) in [6, 6.07) is 2.25. The van der Waals surface area contributed by atoms with Gasteiger partial charge in [-0.2, -0.15) is 5.26 Å². The molecule has 0 saturated heterocycles. The molecule has 5 aliphatic rings. The van der Waals surface area contributed by atoms with Crippen LogP contribution in [0.2, 0.25) is 0 Å². The molecule has 30 heavy (non-hydrogen) atoms. The van der Waals surface area contributed by atoms with Crippen LogP contribution in [0, 0.1) is 28.6 Å². The van der Waals surface area contributed by atoms with Crippen molar-refractivity contribution in [3.63, 3.8) is 0 Å². The first-order valence-corrected chi connectivity index (χ1v) is 12.7. The number of hydrogen-bond donors (Lipinski definition) is 1. The molecular formula is C23H27BrN2O3S. The molecule has 4 atom stereocenters. The van der Waals surface area contributed by atoms with Gasteiger partial charge in [-0.05, 0) is 87.0 Å². The zero-order valence-electron chi connectivity index (χ0n) is 17.1. The highest BCUT2D eigenvalue weighted by atomic mass is 79.9. The normalized spacial score (nSPS) is 33.6. The molecule has 0 spiro atoms. The second-order valence-electron chi connectivity index (χ2n) is 10.0. The molecule has 0 radical (unpaired) electrons. The number of carbonyl (C=O) groups excluding carboxylic acids is 2. The third-order valence-corrected chi connectivity index (χ3v) is 9.67. The molecular weight excluding hydrogens is 464 g/mol. The van der Waals surface area contributed by atoms with Crippen molar-refractivity contribution in [3.05, 3.63) is 16.0 Å². The fourth-order valence-electron chi connectivity index (χ4n) is 6.98. The minimum atomic E-state index is -0.360. The Hall–Kier alpha value is -1.39. The maximum absolute atomic E-state index is 12.6. The number of halogens is 1. The van der Waals surface area contributed by atoms with Crippen molar-refractivity contribution >= 4 is 44.1 Å². The number of ether oxygens (including phenoxy) is 1. The molecule has 4 bridgehead atoms. The Morgan fingerprint density at radius 1 is 1.20 bits per heavy atom. The van der Waals surface area contributed by atoms with Gasteiger partial charge in [-0.1, -0.05) is 15.9 Å². The average Bonchev–Trinajstić information content (AvgIpc) is 3.00. The highest BCUT2D eigenvalue weighted by Crippen LogP contribution is 2.65. The quantitative estimate of drug-likeness (QED) is 0.459. The van der Waals surface area contributed by atoms with Crippen LogP contribution in [0.1, 0.15) is 73.8 Å². The van der Waals surface area contributed by atoms with E-state index in [1.807, 2.05) is 0 Å². The summed E-state index contributed by atoms with van der Waals surface area (Å²) < 4.78 is 5.59. The SMILES string of the molecule is N#Cc1c(NC(=O)COC(=O)CC23C[C@@H]4C[C@@H](CC(Br)(C4)C2)C3)sc2c1CCCC2. The predicted molar refractivity (Wildman–Crippen MR) is 119 cm³/mol. The fraction of sp³-hybridized carbons (Fsp3) is 0.696. The van der Waals surface area contributed by atoms with E-state index in [1.165, 1.54) is 35.5 Å². The number of rotatable bonds is 5.